The smallest absolute Gasteiger partial charge is 0.193 e. The van der Waals surface area contributed by atoms with Crippen LogP contribution in [0.4, 0.5) is 0 Å². The van der Waals surface area contributed by atoms with E-state index in [1.807, 2.05) is 170 Å². The van der Waals surface area contributed by atoms with E-state index in [-0.39, 0.29) is 0 Å². The van der Waals surface area contributed by atoms with Gasteiger partial charge in [0.1, 0.15) is 10.5 Å². The van der Waals surface area contributed by atoms with E-state index in [9.17, 15) is 0 Å². The van der Waals surface area contributed by atoms with Gasteiger partial charge in [0.15, 0.2) is 10.6 Å². The summed E-state index contributed by atoms with van der Waals surface area (Å²) in [7, 11) is 0. The predicted octanol–water partition coefficient (Wildman–Crippen LogP) is 13.8. The minimum Gasteiger partial charge on any atom is -0.304 e. The number of hydrogen-bond donors (Lipinski definition) is 0. The lowest BCUT2D eigenvalue weighted by molar-refractivity contribution is 0.485. The summed E-state index contributed by atoms with van der Waals surface area (Å²) in [5.74, 6) is 0. The van der Waals surface area contributed by atoms with Gasteiger partial charge in [0.2, 0.25) is 0 Å². The van der Waals surface area contributed by atoms with Gasteiger partial charge in [0.25, 0.3) is 0 Å². The van der Waals surface area contributed by atoms with Gasteiger partial charge in [-0.25, -0.2) is 28.5 Å². The van der Waals surface area contributed by atoms with E-state index < -0.39 is 0 Å². The van der Waals surface area contributed by atoms with Crippen molar-refractivity contribution in [1.82, 2.24) is 72.3 Å². The van der Waals surface area contributed by atoms with Gasteiger partial charge >= 0.3 is 0 Å². The quantitative estimate of drug-likeness (QED) is 0.145. The van der Waals surface area contributed by atoms with Gasteiger partial charge in [-0.1, -0.05) is 24.3 Å². The largest absolute Gasteiger partial charge is 0.304 e. The van der Waals surface area contributed by atoms with Crippen LogP contribution in [0.15, 0.2) is 170 Å². The van der Waals surface area contributed by atoms with Gasteiger partial charge in [-0.3, -0.25) is 19.1 Å². The first-order valence-electron chi connectivity index (χ1n) is 25.7. The number of pyridine rings is 4. The summed E-state index contributed by atoms with van der Waals surface area (Å²) in [5.41, 5.74) is 18.1. The van der Waals surface area contributed by atoms with Crippen LogP contribution in [-0.4, -0.2) is 72.3 Å². The molecule has 0 radical (unpaired) electrons. The van der Waals surface area contributed by atoms with Crippen molar-refractivity contribution in [2.45, 2.75) is 87.6 Å². The summed E-state index contributed by atoms with van der Waals surface area (Å²) in [6, 6.07) is 22.0. The van der Waals surface area contributed by atoms with E-state index in [0.29, 0.717) is 0 Å². The third kappa shape index (κ3) is 13.4. The summed E-state index contributed by atoms with van der Waals surface area (Å²) in [4.78, 5) is 23.3. The Kier molecular flexibility index (Phi) is 18.2. The number of aromatic nitrogens is 15. The molecule has 78 heavy (non-hydrogen) atoms. The maximum absolute atomic E-state index is 4.27. The molecule has 16 rings (SSSR count). The summed E-state index contributed by atoms with van der Waals surface area (Å²) in [6.45, 7) is 17.7. The van der Waals surface area contributed by atoms with Crippen molar-refractivity contribution in [3.05, 3.63) is 231 Å². The summed E-state index contributed by atoms with van der Waals surface area (Å²) in [5, 5.41) is 22.8. The number of hydrogen-bond acceptors (Lipinski definition) is 12. The van der Waals surface area contributed by atoms with Gasteiger partial charge in [0.05, 0.1) is 51.9 Å². The van der Waals surface area contributed by atoms with Crippen LogP contribution in [0, 0.1) is 55.4 Å². The van der Waals surface area contributed by atoms with E-state index in [2.05, 4.69) is 123 Å². The molecule has 2 aliphatic rings. The molecule has 15 nitrogen and oxygen atoms in total. The number of fused-ring (bicyclic) bond motifs is 8. The number of rotatable bonds is 0. The van der Waals surface area contributed by atoms with E-state index >= 15 is 0 Å². The fraction of sp³-hybridized carbons (Fsp3) is 0.217. The molecule has 0 saturated carbocycles. The van der Waals surface area contributed by atoms with Crippen LogP contribution in [0.3, 0.4) is 0 Å². The lowest BCUT2D eigenvalue weighted by Crippen LogP contribution is -2.11. The maximum atomic E-state index is 4.27. The highest BCUT2D eigenvalue weighted by molar-refractivity contribution is 7.17. The molecule has 0 bridgehead atoms. The normalized spacial score (nSPS) is 11.8. The zero-order chi connectivity index (χ0) is 54.4. The van der Waals surface area contributed by atoms with Crippen LogP contribution < -0.4 is 0 Å². The third-order valence-corrected chi connectivity index (χ3v) is 15.7. The molecule has 0 atom stereocenters. The monoisotopic (exact) mass is 1090 g/mol. The highest BCUT2D eigenvalue weighted by Gasteiger charge is 2.11. The number of nitrogens with zero attached hydrogens (tertiary/aromatic N) is 15. The number of thiophene rings is 1. The average molecular weight is 1090 g/mol. The molecular formula is C60H63N15S3. The Hall–Kier alpha value is -8.45. The average Bonchev–Trinajstić information content (AvgIpc) is 4.31. The first kappa shape index (κ1) is 54.3. The fourth-order valence-electron chi connectivity index (χ4n) is 8.64. The second kappa shape index (κ2) is 26.1. The number of imidazole rings is 3. The van der Waals surface area contributed by atoms with Gasteiger partial charge in [-0.05, 0) is 162 Å². The molecular weight excluding hydrogens is 1030 g/mol. The summed E-state index contributed by atoms with van der Waals surface area (Å²) >= 11 is 5.13. The Balaban J connectivity index is 0.000000108. The molecule has 15 heterocycles. The molecule has 1 aliphatic carbocycles. The van der Waals surface area contributed by atoms with Crippen LogP contribution in [0.5, 0.6) is 0 Å². The molecule has 18 heteroatoms. The predicted molar refractivity (Wildman–Crippen MR) is 319 cm³/mol. The minimum absolute atomic E-state index is 0.903. The molecule has 0 N–H and O–H groups in total. The van der Waals surface area contributed by atoms with Crippen molar-refractivity contribution < 1.29 is 0 Å². The van der Waals surface area contributed by atoms with Crippen molar-refractivity contribution in [3.63, 3.8) is 0 Å². The Morgan fingerprint density at radius 2 is 1.22 bits per heavy atom. The van der Waals surface area contributed by atoms with Crippen LogP contribution in [0.25, 0.3) is 42.9 Å². The first-order valence-corrected chi connectivity index (χ1v) is 28.3. The zero-order valence-corrected chi connectivity index (χ0v) is 47.7. The van der Waals surface area contributed by atoms with Gasteiger partial charge in [-0.15, -0.1) is 34.0 Å². The third-order valence-electron chi connectivity index (χ3n) is 12.9. The highest BCUT2D eigenvalue weighted by atomic mass is 32.1. The minimum atomic E-state index is 0.903. The topological polar surface area (TPSA) is 143 Å². The van der Waals surface area contributed by atoms with Crippen LogP contribution >= 0.6 is 34.0 Å². The zero-order valence-electron chi connectivity index (χ0n) is 45.2. The van der Waals surface area contributed by atoms with Gasteiger partial charge in [-0.2, -0.15) is 20.4 Å². The first-order chi connectivity index (χ1) is 38.0. The molecule has 0 spiro atoms. The summed E-state index contributed by atoms with van der Waals surface area (Å²) in [6.07, 6.45) is 33.9. The SMILES string of the molecule is Cc1ccnc2c1C=CC2.Cc1ccnc2ccsc12.Cc1cnc2ccccn12.Cc1cnc2cccnn12.Cc1cnc2sccn12.Cc1cnn2c1CCCC2.Cc1cnn2ccccc12.Cc1cnn2ccsc12. The van der Waals surface area contributed by atoms with Crippen molar-refractivity contribution in [3.8, 4) is 0 Å². The second-order valence-electron chi connectivity index (χ2n) is 18.6. The molecule has 0 unspecified atom stereocenters. The van der Waals surface area contributed by atoms with E-state index in [1.54, 1.807) is 44.7 Å². The van der Waals surface area contributed by atoms with Crippen molar-refractivity contribution in [2.24, 2.45) is 0 Å². The number of aryl methyl sites for hydroxylation is 9. The second-order valence-corrected chi connectivity index (χ2v) is 21.3. The Morgan fingerprint density at radius 3 is 2.01 bits per heavy atom. The Labute approximate surface area is 465 Å². The van der Waals surface area contributed by atoms with Crippen LogP contribution in [0.2, 0.25) is 0 Å². The lowest BCUT2D eigenvalue weighted by atomic mass is 10.1. The fourth-order valence-corrected chi connectivity index (χ4v) is 11.0. The van der Waals surface area contributed by atoms with Crippen molar-refractivity contribution in [1.29, 1.82) is 0 Å². The van der Waals surface area contributed by atoms with E-state index in [4.69, 9.17) is 0 Å². The van der Waals surface area contributed by atoms with Gasteiger partial charge in [0, 0.05) is 102 Å². The highest BCUT2D eigenvalue weighted by Crippen LogP contribution is 2.22. The van der Waals surface area contributed by atoms with Crippen LogP contribution in [-0.2, 0) is 19.4 Å². The standard InChI is InChI=1S/C9H9N.C8H8N2.C8H12N2.C8H8N2.C8H7NS.C7H7N3.2C6H6N2S/c1-7-5-6-10-9-4-2-3-8(7)9;1-7-6-9-8-4-2-3-5-10(7)8;2*1-7-6-9-10-5-3-2-4-8(7)10;1-6-2-4-9-7-3-5-10-8(6)7;1-6-5-8-7-3-2-4-9-10(6)7;1-5-4-7-6-8(5)2-3-9-6;1-5-4-7-8-2-3-9-6(5)8/h2-3,5-6H,4H2,1H3;2-6H,1H3;6H,2-5H2,1H3;2-6H,1H3;2*2-5H,1H3;2*2-4H,1H3. The summed E-state index contributed by atoms with van der Waals surface area (Å²) < 4.78 is 13.1. The Morgan fingerprint density at radius 1 is 0.487 bits per heavy atom. The van der Waals surface area contributed by atoms with Crippen molar-refractivity contribution in [2.75, 3.05) is 0 Å². The molecule has 0 amide bonds. The molecule has 1 aliphatic heterocycles. The van der Waals surface area contributed by atoms with Crippen molar-refractivity contribution >= 4 is 76.9 Å². The van der Waals surface area contributed by atoms with Crippen LogP contribution in [0.1, 0.15) is 74.7 Å². The molecule has 0 fully saturated rings. The molecule has 396 valence electrons. The number of thiazole rings is 2. The molecule has 14 aromatic rings. The molecule has 0 saturated heterocycles. The van der Waals surface area contributed by atoms with E-state index in [1.165, 1.54) is 90.5 Å². The molecule has 14 aromatic heterocycles. The number of allylic oxidation sites excluding steroid dienone is 1. The van der Waals surface area contributed by atoms with E-state index in [0.717, 1.165) is 40.4 Å². The Bertz CT molecular complexity index is 3920. The lowest BCUT2D eigenvalue weighted by Gasteiger charge is -2.13. The van der Waals surface area contributed by atoms with Gasteiger partial charge < -0.3 is 4.40 Å². The molecule has 0 aromatic carbocycles. The maximum Gasteiger partial charge on any atom is 0.193 e.